The van der Waals surface area contributed by atoms with Gasteiger partial charge >= 0.3 is 6.09 Å². The van der Waals surface area contributed by atoms with Gasteiger partial charge in [-0.3, -0.25) is 0 Å². The third-order valence-electron chi connectivity index (χ3n) is 2.79. The number of carbonyl (C=O) groups is 1. The van der Waals surface area contributed by atoms with Crippen molar-refractivity contribution in [2.24, 2.45) is 0 Å². The Kier molecular flexibility index (Phi) is 9.49. The number of ether oxygens (including phenoxy) is 1. The second-order valence-corrected chi connectivity index (χ2v) is 5.52. The molecule has 0 unspecified atom stereocenters. The van der Waals surface area contributed by atoms with E-state index in [1.54, 1.807) is 0 Å². The van der Waals surface area contributed by atoms with Crippen LogP contribution in [0.1, 0.15) is 37.7 Å². The van der Waals surface area contributed by atoms with Crippen LogP contribution >= 0.6 is 22.6 Å². The molecule has 19 heavy (non-hydrogen) atoms. The number of unbranched alkanes of at least 4 members (excludes halogenated alkanes) is 4. The first kappa shape index (κ1) is 16.3. The Morgan fingerprint density at radius 3 is 2.47 bits per heavy atom. The summed E-state index contributed by atoms with van der Waals surface area (Å²) < 4.78 is 6.36. The Hall–Kier alpha value is -0.780. The van der Waals surface area contributed by atoms with Crippen molar-refractivity contribution in [1.29, 1.82) is 0 Å². The van der Waals surface area contributed by atoms with E-state index < -0.39 is 0 Å². The molecule has 0 atom stereocenters. The van der Waals surface area contributed by atoms with Crippen LogP contribution in [0.2, 0.25) is 0 Å². The second-order valence-electron chi connectivity index (χ2n) is 4.45. The monoisotopic (exact) mass is 375 g/mol. The van der Waals surface area contributed by atoms with Crippen LogP contribution < -0.4 is 5.32 Å². The lowest BCUT2D eigenvalue weighted by Gasteiger charge is -2.07. The molecule has 1 rings (SSSR count). The molecule has 1 aromatic carbocycles. The molecule has 0 bridgehead atoms. The van der Waals surface area contributed by atoms with E-state index in [1.165, 1.54) is 30.1 Å². The minimum absolute atomic E-state index is 0.323. The van der Waals surface area contributed by atoms with Crippen LogP contribution in [0.5, 0.6) is 0 Å². The lowest BCUT2D eigenvalue weighted by atomic mass is 10.1. The number of alkyl carbamates (subject to hydrolysis) is 1. The van der Waals surface area contributed by atoms with Gasteiger partial charge in [-0.15, -0.1) is 0 Å². The van der Waals surface area contributed by atoms with Crippen molar-refractivity contribution in [1.82, 2.24) is 5.32 Å². The van der Waals surface area contributed by atoms with Gasteiger partial charge in [0.05, 0.1) is 0 Å². The summed E-state index contributed by atoms with van der Waals surface area (Å²) in [5.41, 5.74) is 1.01. The summed E-state index contributed by atoms with van der Waals surface area (Å²) in [7, 11) is 0. The van der Waals surface area contributed by atoms with Gasteiger partial charge in [0.2, 0.25) is 0 Å². The van der Waals surface area contributed by atoms with E-state index in [-0.39, 0.29) is 6.09 Å². The number of nitrogens with one attached hydrogen (secondary N) is 1. The van der Waals surface area contributed by atoms with Gasteiger partial charge in [-0.2, -0.15) is 0 Å². The van der Waals surface area contributed by atoms with Crippen molar-refractivity contribution < 1.29 is 9.53 Å². The highest BCUT2D eigenvalue weighted by Gasteiger charge is 2.01. The third-order valence-corrected chi connectivity index (χ3v) is 3.56. The number of rotatable bonds is 9. The molecule has 0 aromatic heterocycles. The molecule has 0 heterocycles. The largest absolute Gasteiger partial charge is 0.445 e. The van der Waals surface area contributed by atoms with E-state index in [1.807, 2.05) is 30.3 Å². The van der Waals surface area contributed by atoms with Crippen LogP contribution in [0.3, 0.4) is 0 Å². The third kappa shape index (κ3) is 8.86. The van der Waals surface area contributed by atoms with Gasteiger partial charge in [0.15, 0.2) is 0 Å². The fourth-order valence-electron chi connectivity index (χ4n) is 1.71. The van der Waals surface area contributed by atoms with Crippen molar-refractivity contribution in [3.63, 3.8) is 0 Å². The Balaban J connectivity index is 1.96. The van der Waals surface area contributed by atoms with Crippen LogP contribution in [0.25, 0.3) is 0 Å². The maximum Gasteiger partial charge on any atom is 0.407 e. The fourth-order valence-corrected chi connectivity index (χ4v) is 2.25. The van der Waals surface area contributed by atoms with Crippen molar-refractivity contribution in [3.8, 4) is 0 Å². The second kappa shape index (κ2) is 11.1. The summed E-state index contributed by atoms with van der Waals surface area (Å²) >= 11 is 2.40. The molecule has 3 nitrogen and oxygen atoms in total. The highest BCUT2D eigenvalue weighted by molar-refractivity contribution is 14.1. The summed E-state index contributed by atoms with van der Waals surface area (Å²) in [6, 6.07) is 9.71. The molecule has 1 aromatic rings. The highest BCUT2D eigenvalue weighted by atomic mass is 127. The van der Waals surface area contributed by atoms with Crippen LogP contribution in [-0.2, 0) is 11.3 Å². The van der Waals surface area contributed by atoms with Crippen LogP contribution in [0.4, 0.5) is 4.79 Å². The molecule has 0 fully saturated rings. The van der Waals surface area contributed by atoms with Gasteiger partial charge in [-0.05, 0) is 22.8 Å². The number of halogens is 1. The first-order valence-electron chi connectivity index (χ1n) is 6.83. The molecular weight excluding hydrogens is 353 g/mol. The van der Waals surface area contributed by atoms with E-state index in [0.29, 0.717) is 13.2 Å². The number of hydrogen-bond acceptors (Lipinski definition) is 2. The topological polar surface area (TPSA) is 38.3 Å². The number of alkyl halides is 1. The smallest absolute Gasteiger partial charge is 0.407 e. The Bertz CT molecular complexity index is 343. The molecule has 0 spiro atoms. The van der Waals surface area contributed by atoms with E-state index in [0.717, 1.165) is 12.0 Å². The van der Waals surface area contributed by atoms with Gasteiger partial charge in [-0.25, -0.2) is 4.79 Å². The van der Waals surface area contributed by atoms with Gasteiger partial charge in [-0.1, -0.05) is 72.2 Å². The van der Waals surface area contributed by atoms with Gasteiger partial charge in [0.25, 0.3) is 0 Å². The molecule has 0 saturated carbocycles. The zero-order valence-electron chi connectivity index (χ0n) is 11.2. The van der Waals surface area contributed by atoms with Crippen molar-refractivity contribution in [3.05, 3.63) is 35.9 Å². The summed E-state index contributed by atoms with van der Waals surface area (Å²) in [4.78, 5) is 11.4. The number of carbonyl (C=O) groups excluding carboxylic acids is 1. The van der Waals surface area contributed by atoms with E-state index >= 15 is 0 Å². The van der Waals surface area contributed by atoms with Gasteiger partial charge < -0.3 is 10.1 Å². The van der Waals surface area contributed by atoms with Crippen molar-refractivity contribution >= 4 is 28.7 Å². The normalized spacial score (nSPS) is 10.2. The zero-order valence-corrected chi connectivity index (χ0v) is 13.4. The lowest BCUT2D eigenvalue weighted by Crippen LogP contribution is -2.25. The first-order chi connectivity index (χ1) is 9.33. The molecule has 1 amide bonds. The minimum atomic E-state index is -0.323. The predicted octanol–water partition coefficient (Wildman–Crippen LogP) is 4.30. The average molecular weight is 375 g/mol. The summed E-state index contributed by atoms with van der Waals surface area (Å²) in [5, 5.41) is 2.78. The molecule has 0 aliphatic heterocycles. The standard InChI is InChI=1S/C15H22INO2/c16-11-7-2-1-3-8-12-17-15(18)19-13-14-9-5-4-6-10-14/h4-6,9-10H,1-3,7-8,11-13H2,(H,17,18). The zero-order chi connectivity index (χ0) is 13.8. The predicted molar refractivity (Wildman–Crippen MR) is 86.6 cm³/mol. The Morgan fingerprint density at radius 2 is 1.74 bits per heavy atom. The summed E-state index contributed by atoms with van der Waals surface area (Å²) in [5.74, 6) is 0. The van der Waals surface area contributed by atoms with Crippen LogP contribution in [-0.4, -0.2) is 17.1 Å². The maximum absolute atomic E-state index is 11.4. The molecule has 0 saturated heterocycles. The fraction of sp³-hybridized carbons (Fsp3) is 0.533. The molecule has 0 aliphatic carbocycles. The highest BCUT2D eigenvalue weighted by Crippen LogP contribution is 2.04. The van der Waals surface area contributed by atoms with Crippen molar-refractivity contribution in [2.75, 3.05) is 11.0 Å². The molecule has 0 radical (unpaired) electrons. The molecule has 1 N–H and O–H groups in total. The average Bonchev–Trinajstić information content (AvgIpc) is 2.45. The van der Waals surface area contributed by atoms with Crippen molar-refractivity contribution in [2.45, 2.75) is 38.7 Å². The molecule has 106 valence electrons. The van der Waals surface area contributed by atoms with Crippen LogP contribution in [0, 0.1) is 0 Å². The quantitative estimate of drug-likeness (QED) is 0.397. The Morgan fingerprint density at radius 1 is 1.05 bits per heavy atom. The van der Waals surface area contributed by atoms with Crippen LogP contribution in [0.15, 0.2) is 30.3 Å². The number of amides is 1. The van der Waals surface area contributed by atoms with Gasteiger partial charge in [0.1, 0.15) is 6.61 Å². The van der Waals surface area contributed by atoms with Gasteiger partial charge in [0, 0.05) is 6.54 Å². The summed E-state index contributed by atoms with van der Waals surface area (Å²) in [6.45, 7) is 1.04. The Labute approximate surface area is 129 Å². The SMILES string of the molecule is O=C(NCCCCCCCI)OCc1ccccc1. The van der Waals surface area contributed by atoms with E-state index in [9.17, 15) is 4.79 Å². The lowest BCUT2D eigenvalue weighted by molar-refractivity contribution is 0.139. The molecule has 4 heteroatoms. The minimum Gasteiger partial charge on any atom is -0.445 e. The van der Waals surface area contributed by atoms with E-state index in [4.69, 9.17) is 4.74 Å². The molecular formula is C15H22INO2. The number of benzene rings is 1. The summed E-state index contributed by atoms with van der Waals surface area (Å²) in [6.07, 6.45) is 5.73. The molecule has 0 aliphatic rings. The maximum atomic E-state index is 11.4. The number of hydrogen-bond donors (Lipinski definition) is 1. The van der Waals surface area contributed by atoms with E-state index in [2.05, 4.69) is 27.9 Å². The first-order valence-corrected chi connectivity index (χ1v) is 8.36.